The molecule has 0 heterocycles. The largest absolute Gasteiger partial charge is 0.495 e. The highest BCUT2D eigenvalue weighted by Gasteiger charge is 2.02. The van der Waals surface area contributed by atoms with Gasteiger partial charge in [-0.1, -0.05) is 18.2 Å². The van der Waals surface area contributed by atoms with E-state index >= 15 is 0 Å². The number of rotatable bonds is 6. The number of ether oxygens (including phenoxy) is 2. The maximum atomic E-state index is 8.86. The normalized spacial score (nSPS) is 10.3. The van der Waals surface area contributed by atoms with Gasteiger partial charge in [-0.25, -0.2) is 0 Å². The van der Waals surface area contributed by atoms with Gasteiger partial charge in [0.2, 0.25) is 0 Å². The second-order valence-electron chi connectivity index (χ2n) is 4.48. The van der Waals surface area contributed by atoms with Crippen molar-refractivity contribution in [1.29, 1.82) is 0 Å². The third-order valence-corrected chi connectivity index (χ3v) is 3.02. The number of benzene rings is 2. The molecule has 0 bridgehead atoms. The lowest BCUT2D eigenvalue weighted by atomic mass is 10.1. The van der Waals surface area contributed by atoms with Crippen molar-refractivity contribution in [2.45, 2.75) is 13.0 Å². The van der Waals surface area contributed by atoms with Crippen LogP contribution >= 0.6 is 0 Å². The van der Waals surface area contributed by atoms with Gasteiger partial charge < -0.3 is 20.3 Å². The van der Waals surface area contributed by atoms with Gasteiger partial charge in [0.15, 0.2) is 0 Å². The van der Waals surface area contributed by atoms with Gasteiger partial charge in [0.05, 0.1) is 12.8 Å². The average Bonchev–Trinajstić information content (AvgIpc) is 2.47. The molecule has 0 saturated carbocycles. The molecular formula is C16H19NO3. The van der Waals surface area contributed by atoms with Crippen molar-refractivity contribution < 1.29 is 14.6 Å². The van der Waals surface area contributed by atoms with Gasteiger partial charge in [0.25, 0.3) is 0 Å². The smallest absolute Gasteiger partial charge is 0.141 e. The van der Waals surface area contributed by atoms with E-state index in [0.717, 1.165) is 16.9 Å². The molecule has 0 aromatic heterocycles. The lowest BCUT2D eigenvalue weighted by Crippen LogP contribution is -1.99. The fraction of sp³-hybridized carbons (Fsp3) is 0.250. The maximum absolute atomic E-state index is 8.86. The molecule has 0 aliphatic rings. The molecule has 0 unspecified atom stereocenters. The number of nitrogen functional groups attached to an aromatic ring is 1. The van der Waals surface area contributed by atoms with Crippen molar-refractivity contribution in [3.8, 4) is 11.5 Å². The first-order valence-corrected chi connectivity index (χ1v) is 6.48. The van der Waals surface area contributed by atoms with E-state index in [9.17, 15) is 0 Å². The molecule has 3 N–H and O–H groups in total. The van der Waals surface area contributed by atoms with E-state index in [1.54, 1.807) is 7.11 Å². The van der Waals surface area contributed by atoms with Crippen LogP contribution in [0, 0.1) is 0 Å². The molecule has 0 aliphatic heterocycles. The standard InChI is InChI=1S/C16H19NO3/c1-19-16-7-4-13(10-15(16)17)11-20-14-5-2-12(3-6-14)8-9-18/h2-7,10,18H,8-9,11,17H2,1H3. The van der Waals surface area contributed by atoms with Crippen molar-refractivity contribution in [2.24, 2.45) is 0 Å². The minimum atomic E-state index is 0.158. The van der Waals surface area contributed by atoms with Crippen molar-refractivity contribution >= 4 is 5.69 Å². The molecule has 4 heteroatoms. The van der Waals surface area contributed by atoms with Gasteiger partial charge >= 0.3 is 0 Å². The Kier molecular flexibility index (Phi) is 4.85. The molecule has 0 spiro atoms. The number of hydrogen-bond donors (Lipinski definition) is 2. The van der Waals surface area contributed by atoms with Crippen molar-refractivity contribution in [2.75, 3.05) is 19.5 Å². The van der Waals surface area contributed by atoms with E-state index in [1.807, 2.05) is 42.5 Å². The van der Waals surface area contributed by atoms with Gasteiger partial charge in [-0.05, 0) is 41.8 Å². The summed E-state index contributed by atoms with van der Waals surface area (Å²) < 4.78 is 10.8. The Morgan fingerprint density at radius 3 is 2.35 bits per heavy atom. The first-order valence-electron chi connectivity index (χ1n) is 6.48. The Balaban J connectivity index is 1.96. The molecule has 0 aliphatic carbocycles. The van der Waals surface area contributed by atoms with Crippen LogP contribution in [0.4, 0.5) is 5.69 Å². The molecule has 0 atom stereocenters. The van der Waals surface area contributed by atoms with Crippen LogP contribution in [0.2, 0.25) is 0 Å². The van der Waals surface area contributed by atoms with Crippen LogP contribution in [-0.2, 0) is 13.0 Å². The van der Waals surface area contributed by atoms with Crippen LogP contribution in [0.1, 0.15) is 11.1 Å². The molecule has 4 nitrogen and oxygen atoms in total. The Bertz CT molecular complexity index is 552. The third-order valence-electron chi connectivity index (χ3n) is 3.02. The summed E-state index contributed by atoms with van der Waals surface area (Å²) in [5.74, 6) is 1.46. The molecule has 2 aromatic rings. The topological polar surface area (TPSA) is 64.7 Å². The third kappa shape index (κ3) is 3.65. The Hall–Kier alpha value is -2.20. The predicted octanol–water partition coefficient (Wildman–Crippen LogP) is 2.39. The zero-order chi connectivity index (χ0) is 14.4. The Labute approximate surface area is 118 Å². The molecule has 0 saturated heterocycles. The van der Waals surface area contributed by atoms with Crippen molar-refractivity contribution in [3.63, 3.8) is 0 Å². The Morgan fingerprint density at radius 2 is 1.75 bits per heavy atom. The molecule has 0 radical (unpaired) electrons. The molecule has 2 rings (SSSR count). The second kappa shape index (κ2) is 6.82. The summed E-state index contributed by atoms with van der Waals surface area (Å²) in [7, 11) is 1.59. The molecule has 20 heavy (non-hydrogen) atoms. The average molecular weight is 273 g/mol. The van der Waals surface area contributed by atoms with Crippen molar-refractivity contribution in [1.82, 2.24) is 0 Å². The van der Waals surface area contributed by atoms with Crippen LogP contribution in [0.5, 0.6) is 11.5 Å². The number of aliphatic hydroxyl groups excluding tert-OH is 1. The van der Waals surface area contributed by atoms with Gasteiger partial charge in [0.1, 0.15) is 18.1 Å². The SMILES string of the molecule is COc1ccc(COc2ccc(CCO)cc2)cc1N. The fourth-order valence-corrected chi connectivity index (χ4v) is 1.92. The molecule has 0 fully saturated rings. The van der Waals surface area contributed by atoms with E-state index in [1.165, 1.54) is 0 Å². The summed E-state index contributed by atoms with van der Waals surface area (Å²) in [4.78, 5) is 0. The lowest BCUT2D eigenvalue weighted by Gasteiger charge is -2.09. The van der Waals surface area contributed by atoms with Gasteiger partial charge in [-0.15, -0.1) is 0 Å². The number of aliphatic hydroxyl groups is 1. The van der Waals surface area contributed by atoms with Crippen LogP contribution in [-0.4, -0.2) is 18.8 Å². The highest BCUT2D eigenvalue weighted by atomic mass is 16.5. The van der Waals surface area contributed by atoms with Crippen molar-refractivity contribution in [3.05, 3.63) is 53.6 Å². The quantitative estimate of drug-likeness (QED) is 0.793. The molecule has 0 amide bonds. The second-order valence-corrected chi connectivity index (χ2v) is 4.48. The zero-order valence-electron chi connectivity index (χ0n) is 11.5. The van der Waals surface area contributed by atoms with E-state index < -0.39 is 0 Å². The van der Waals surface area contributed by atoms with Crippen LogP contribution < -0.4 is 15.2 Å². The van der Waals surface area contributed by atoms with E-state index in [0.29, 0.717) is 24.5 Å². The highest BCUT2D eigenvalue weighted by molar-refractivity contribution is 5.54. The summed E-state index contributed by atoms with van der Waals surface area (Å²) in [6, 6.07) is 13.3. The fourth-order valence-electron chi connectivity index (χ4n) is 1.92. The predicted molar refractivity (Wildman–Crippen MR) is 79.0 cm³/mol. The lowest BCUT2D eigenvalue weighted by molar-refractivity contribution is 0.298. The van der Waals surface area contributed by atoms with Gasteiger partial charge in [-0.2, -0.15) is 0 Å². The van der Waals surface area contributed by atoms with Crippen LogP contribution in [0.25, 0.3) is 0 Å². The Morgan fingerprint density at radius 1 is 1.05 bits per heavy atom. The van der Waals surface area contributed by atoms with E-state index in [-0.39, 0.29) is 6.61 Å². The monoisotopic (exact) mass is 273 g/mol. The summed E-state index contributed by atoms with van der Waals surface area (Å²) in [6.45, 7) is 0.610. The first-order chi connectivity index (χ1) is 9.72. The number of anilines is 1. The summed E-state index contributed by atoms with van der Waals surface area (Å²) in [6.07, 6.45) is 0.662. The number of nitrogens with two attached hydrogens (primary N) is 1. The van der Waals surface area contributed by atoms with Crippen LogP contribution in [0.15, 0.2) is 42.5 Å². The molecular weight excluding hydrogens is 254 g/mol. The van der Waals surface area contributed by atoms with Gasteiger partial charge in [0, 0.05) is 6.61 Å². The number of hydrogen-bond acceptors (Lipinski definition) is 4. The summed E-state index contributed by atoms with van der Waals surface area (Å²) >= 11 is 0. The van der Waals surface area contributed by atoms with E-state index in [2.05, 4.69) is 0 Å². The van der Waals surface area contributed by atoms with Crippen LogP contribution in [0.3, 0.4) is 0 Å². The summed E-state index contributed by atoms with van der Waals surface area (Å²) in [5, 5.41) is 8.86. The molecule has 106 valence electrons. The van der Waals surface area contributed by atoms with Gasteiger partial charge in [-0.3, -0.25) is 0 Å². The minimum absolute atomic E-state index is 0.158. The number of methoxy groups -OCH3 is 1. The zero-order valence-corrected chi connectivity index (χ0v) is 11.5. The highest BCUT2D eigenvalue weighted by Crippen LogP contribution is 2.23. The summed E-state index contributed by atoms with van der Waals surface area (Å²) in [5.41, 5.74) is 8.53. The van der Waals surface area contributed by atoms with E-state index in [4.69, 9.17) is 20.3 Å². The first kappa shape index (κ1) is 14.2. The minimum Gasteiger partial charge on any atom is -0.495 e. The maximum Gasteiger partial charge on any atom is 0.141 e. The molecule has 2 aromatic carbocycles.